The molecule has 4 aliphatic rings. The lowest BCUT2D eigenvalue weighted by atomic mass is 9.85. The fourth-order valence-corrected chi connectivity index (χ4v) is 7.04. The van der Waals surface area contributed by atoms with Gasteiger partial charge in [0.25, 0.3) is 23.6 Å². The van der Waals surface area contributed by atoms with Crippen LogP contribution in [0.1, 0.15) is 283 Å². The molecule has 8 rings (SSSR count). The molecule has 0 spiro atoms. The SMILES string of the molecule is [2H]C([2H])([2H])C1([2H])C(O)C([2H])([2H])C([2H])(Nc2nc(NC(C)(C)C)ncc2C(N)=O)C([2H])([2H])C1([2H])[2H].[2H]C([2H])([2H])C1([2H])C([2H])(O)CC([2H])(Nc2nc(NC(C)(C)C)ncc2C(N)=O)C([2H])([2H])C1([2H])[2H].[2H]C([2H])([2H])C1C(O)C([2H])([2H])C([2H])(Nc2nc(NC(C)(C)C)ncc2C(N)=O)C([2H])([2H])C1([2H])[2H].[2H]C([2H])([2H])C1C([2H])(O)CC([2H])(Nc2nc(NC(C)(C)C)ncc2C(N)=O)C([2H])([2H])C1([2H])[2H]. The molecule has 4 aromatic rings. The molecule has 28 heteroatoms. The molecular weight excluding hydrogens is 1180 g/mol. The Morgan fingerprint density at radius 3 is 1.05 bits per heavy atom. The Kier molecular flexibility index (Phi) is 12.5. The highest BCUT2D eigenvalue weighted by atomic mass is 16.3. The number of amides is 4. The summed E-state index contributed by atoms with van der Waals surface area (Å²) in [5.74, 6) is -19.1. The van der Waals surface area contributed by atoms with Gasteiger partial charge in [0.2, 0.25) is 23.8 Å². The number of aromatic nitrogens is 8. The highest BCUT2D eigenvalue weighted by Gasteiger charge is 2.32. The van der Waals surface area contributed by atoms with E-state index in [1.165, 1.54) is 0 Å². The van der Waals surface area contributed by atoms with Crippen LogP contribution < -0.4 is 65.5 Å². The maximum atomic E-state index is 11.9. The number of hydrogen-bond donors (Lipinski definition) is 16. The molecule has 12 atom stereocenters. The van der Waals surface area contributed by atoms with Crippen molar-refractivity contribution in [3.8, 4) is 0 Å². The maximum Gasteiger partial charge on any atom is 0.254 e. The summed E-state index contributed by atoms with van der Waals surface area (Å²) in [7, 11) is 0. The molecular formula is C64H108N20O8. The second-order valence-corrected chi connectivity index (χ2v) is 24.2. The summed E-state index contributed by atoms with van der Waals surface area (Å²) in [6.07, 6.45) is -46.1. The van der Waals surface area contributed by atoms with Gasteiger partial charge in [-0.15, -0.1) is 0 Å². The van der Waals surface area contributed by atoms with Crippen molar-refractivity contribution in [3.05, 3.63) is 47.0 Å². The Balaban J connectivity index is 0.000000311. The third kappa shape index (κ3) is 24.8. The number of carbonyl (C=O) groups is 4. The first kappa shape index (κ1) is 35.6. The summed E-state index contributed by atoms with van der Waals surface area (Å²) in [6.45, 7) is 7.36. The molecule has 0 saturated heterocycles. The van der Waals surface area contributed by atoms with Crippen LogP contribution in [0, 0.1) is 23.6 Å². The summed E-state index contributed by atoms with van der Waals surface area (Å²) in [5.41, 5.74) is 17.3. The van der Waals surface area contributed by atoms with E-state index in [0.29, 0.717) is 0 Å². The number of carbonyl (C=O) groups excluding carboxylic acids is 4. The number of nitrogens with one attached hydrogen (secondary N) is 8. The van der Waals surface area contributed by atoms with Crippen molar-refractivity contribution in [1.82, 2.24) is 39.9 Å². The van der Waals surface area contributed by atoms with E-state index in [2.05, 4.69) is 77.1 Å². The number of anilines is 8. The van der Waals surface area contributed by atoms with Gasteiger partial charge >= 0.3 is 0 Å². The molecule has 0 aromatic carbocycles. The van der Waals surface area contributed by atoms with Crippen molar-refractivity contribution in [2.75, 3.05) is 42.5 Å². The van der Waals surface area contributed by atoms with E-state index in [1.807, 2.05) is 5.32 Å². The van der Waals surface area contributed by atoms with Gasteiger partial charge in [0.05, 0.1) is 54.8 Å². The fraction of sp³-hybridized carbons (Fsp3) is 0.688. The molecule has 4 aromatic heterocycles. The average Bonchev–Trinajstić information content (AvgIpc) is 0.671. The Morgan fingerprint density at radius 2 is 0.717 bits per heavy atom. The molecule has 0 bridgehead atoms. The predicted octanol–water partition coefficient (Wildman–Crippen LogP) is 6.99. The van der Waals surface area contributed by atoms with Gasteiger partial charge in [-0.05, 0) is 183 Å². The maximum absolute atomic E-state index is 11.9. The zero-order chi connectivity index (χ0) is 104. The van der Waals surface area contributed by atoms with E-state index in [1.54, 1.807) is 83.1 Å². The van der Waals surface area contributed by atoms with E-state index in [-0.39, 0.29) is 29.4 Å². The number of aliphatic hydroxyl groups is 4. The van der Waals surface area contributed by atoms with Gasteiger partial charge in [-0.1, -0.05) is 27.4 Å². The summed E-state index contributed by atoms with van der Waals surface area (Å²) in [4.78, 5) is 79.2. The highest BCUT2D eigenvalue weighted by Crippen LogP contribution is 2.32. The van der Waals surface area contributed by atoms with Gasteiger partial charge in [0.1, 0.15) is 23.3 Å². The largest absolute Gasteiger partial charge is 0.393 e. The number of hydrogen-bond acceptors (Lipinski definition) is 24. The number of nitrogens with two attached hydrogens (primary N) is 4. The van der Waals surface area contributed by atoms with Gasteiger partial charge in [-0.25, -0.2) is 19.9 Å². The van der Waals surface area contributed by atoms with Crippen molar-refractivity contribution in [1.29, 1.82) is 0 Å². The number of aliphatic hydroxyl groups excluding tert-OH is 2. The van der Waals surface area contributed by atoms with Crippen LogP contribution in [0.2, 0.25) is 0 Å². The monoisotopic (exact) mass is 1330 g/mol. The Morgan fingerprint density at radius 1 is 0.424 bits per heavy atom. The zero-order valence-electron chi connectivity index (χ0n) is 92.3. The molecule has 0 aliphatic heterocycles. The third-order valence-electron chi connectivity index (χ3n) is 11.1. The normalized spacial score (nSPS) is 43.8. The molecule has 4 aliphatic carbocycles. The predicted molar refractivity (Wildman–Crippen MR) is 361 cm³/mol. The van der Waals surface area contributed by atoms with Gasteiger partial charge in [-0.3, -0.25) is 19.2 Å². The van der Waals surface area contributed by atoms with Crippen molar-refractivity contribution in [3.63, 3.8) is 0 Å². The van der Waals surface area contributed by atoms with Crippen LogP contribution in [0.5, 0.6) is 0 Å². The molecule has 4 amide bonds. The molecule has 20 N–H and O–H groups in total. The van der Waals surface area contributed by atoms with Crippen LogP contribution in [0.25, 0.3) is 0 Å². The summed E-state index contributed by atoms with van der Waals surface area (Å²) < 4.78 is 323. The smallest absolute Gasteiger partial charge is 0.254 e. The lowest BCUT2D eigenvalue weighted by Gasteiger charge is -2.32. The third-order valence-corrected chi connectivity index (χ3v) is 11.1. The molecule has 28 nitrogen and oxygen atoms in total. The Bertz CT molecular complexity index is 4970. The van der Waals surface area contributed by atoms with E-state index in [4.69, 9.17) is 77.8 Å². The number of primary amides is 4. The topological polar surface area (TPSA) is 453 Å². The van der Waals surface area contributed by atoms with Crippen molar-refractivity contribution in [2.45, 2.75) is 258 Å². The van der Waals surface area contributed by atoms with E-state index < -0.39 is 262 Å². The molecule has 0 radical (unpaired) electrons. The van der Waals surface area contributed by atoms with E-state index in [0.717, 1.165) is 24.8 Å². The van der Waals surface area contributed by atoms with Crippen LogP contribution in [0.15, 0.2) is 24.8 Å². The standard InChI is InChI=1S/4C16H27N5O2/c4*1-9-5-6-10(7-12(9)22)19-14-11(13(17)23)8-18-15(20-14)21-16(2,3)4/h4*8-10,12,22H,5-7H2,1-4H3,(H2,17,23)(H2,18,19,20,21)/i1D3,5D2,6D2,9D,10D,12D;1D3,5D2,6D2,7D2,9D,10D;1D3,5D2,6D2,10D,12D;1D3,5D2,6D2,7D2,10D. The molecule has 92 heavy (non-hydrogen) atoms. The van der Waals surface area contributed by atoms with Crippen molar-refractivity contribution < 1.29 is 94.4 Å². The van der Waals surface area contributed by atoms with Crippen LogP contribution >= 0.6 is 0 Å². The van der Waals surface area contributed by atoms with Crippen LogP contribution in [-0.2, 0) is 0 Å². The zero-order valence-corrected chi connectivity index (χ0v) is 52.3. The van der Waals surface area contributed by atoms with Crippen LogP contribution in [0.3, 0.4) is 0 Å². The second kappa shape index (κ2) is 32.3. The molecule has 4 fully saturated rings. The first-order valence-electron chi connectivity index (χ1n) is 47.6. The lowest BCUT2D eigenvalue weighted by molar-refractivity contribution is 0.0737. The van der Waals surface area contributed by atoms with E-state index >= 15 is 0 Å². The summed E-state index contributed by atoms with van der Waals surface area (Å²) >= 11 is 0. The van der Waals surface area contributed by atoms with Crippen molar-refractivity contribution >= 4 is 70.7 Å². The minimum atomic E-state index is -3.81. The summed E-state index contributed by atoms with van der Waals surface area (Å²) in [5, 5.41) is 62.6. The quantitative estimate of drug-likeness (QED) is 0.0537. The number of nitrogens with zero attached hydrogens (tertiary/aromatic N) is 8. The van der Waals surface area contributed by atoms with Crippen molar-refractivity contribution in [2.24, 2.45) is 46.6 Å². The molecule has 12 unspecified atom stereocenters. The second-order valence-electron chi connectivity index (χ2n) is 24.2. The van der Waals surface area contributed by atoms with Crippen LogP contribution in [0.4, 0.5) is 47.1 Å². The van der Waals surface area contributed by atoms with Gasteiger partial charge in [-0.2, -0.15) is 19.9 Å². The summed E-state index contributed by atoms with van der Waals surface area (Å²) in [6, 6.07) is -12.6. The van der Waals surface area contributed by atoms with Gasteiger partial charge in [0, 0.05) is 118 Å². The van der Waals surface area contributed by atoms with E-state index in [9.17, 15) is 39.6 Å². The van der Waals surface area contributed by atoms with Crippen LogP contribution in [-0.4, -0.2) is 155 Å². The lowest BCUT2D eigenvalue weighted by Crippen LogP contribution is -2.36. The first-order chi connectivity index (χ1) is 57.9. The molecule has 512 valence electrons. The molecule has 4 saturated carbocycles. The number of rotatable bonds is 16. The Labute approximate surface area is 599 Å². The highest BCUT2D eigenvalue weighted by molar-refractivity contribution is 5.99. The fourth-order valence-electron chi connectivity index (χ4n) is 7.04. The van der Waals surface area contributed by atoms with Gasteiger partial charge in [0.15, 0.2) is 0 Å². The average molecular weight is 1330 g/mol. The van der Waals surface area contributed by atoms with Gasteiger partial charge < -0.3 is 85.9 Å². The minimum absolute atomic E-state index is 0.0190. The first-order valence-corrected chi connectivity index (χ1v) is 27.6. The molecule has 4 heterocycles. The Hall–Kier alpha value is -7.56. The minimum Gasteiger partial charge on any atom is -0.393 e.